The van der Waals surface area contributed by atoms with Crippen LogP contribution in [-0.4, -0.2) is 19.6 Å². The van der Waals surface area contributed by atoms with E-state index in [4.69, 9.17) is 4.42 Å². The molecule has 0 amide bonds. The average Bonchev–Trinajstić information content (AvgIpc) is 2.55. The molecule has 0 unspecified atom stereocenters. The molecule has 2 aromatic rings. The van der Waals surface area contributed by atoms with Gasteiger partial charge in [0, 0.05) is 0 Å². The normalized spacial score (nSPS) is 10.3. The molecule has 0 saturated carbocycles. The average molecular weight is 168 g/mol. The summed E-state index contributed by atoms with van der Waals surface area (Å²) in [5.74, 6) is 1.15. The van der Waals surface area contributed by atoms with Crippen LogP contribution in [-0.2, 0) is 0 Å². The van der Waals surface area contributed by atoms with Crippen molar-refractivity contribution in [2.24, 2.45) is 0 Å². The lowest BCUT2D eigenvalue weighted by molar-refractivity contribution is 0.568. The first kappa shape index (κ1) is 6.41. The maximum Gasteiger partial charge on any atom is 0.278 e. The Bertz CT molecular complexity index is 341. The highest BCUT2D eigenvalue weighted by Crippen LogP contribution is 2.17. The summed E-state index contributed by atoms with van der Waals surface area (Å²) in [6.45, 7) is 1.82. The molecule has 56 valence electrons. The molecule has 5 nitrogen and oxygen atoms in total. The van der Waals surface area contributed by atoms with E-state index in [1.165, 1.54) is 17.9 Å². The van der Waals surface area contributed by atoms with Gasteiger partial charge in [-0.2, -0.15) is 4.37 Å². The Kier molecular flexibility index (Phi) is 1.39. The highest BCUT2D eigenvalue weighted by molar-refractivity contribution is 7.09. The van der Waals surface area contributed by atoms with Crippen LogP contribution in [0.25, 0.3) is 10.9 Å². The van der Waals surface area contributed by atoms with Gasteiger partial charge in [0.1, 0.15) is 5.82 Å². The summed E-state index contributed by atoms with van der Waals surface area (Å²) in [6, 6.07) is 0. The Morgan fingerprint density at radius 2 is 2.45 bits per heavy atom. The highest BCUT2D eigenvalue weighted by Gasteiger charge is 2.07. The van der Waals surface area contributed by atoms with E-state index in [9.17, 15) is 0 Å². The van der Waals surface area contributed by atoms with E-state index in [-0.39, 0.29) is 0 Å². The number of hydrogen-bond acceptors (Lipinski definition) is 6. The van der Waals surface area contributed by atoms with Crippen LogP contribution in [0.5, 0.6) is 0 Å². The van der Waals surface area contributed by atoms with E-state index in [0.29, 0.717) is 10.9 Å². The minimum Gasteiger partial charge on any atom is -0.421 e. The van der Waals surface area contributed by atoms with Crippen molar-refractivity contribution in [3.63, 3.8) is 0 Å². The molecule has 0 saturated heterocycles. The van der Waals surface area contributed by atoms with Gasteiger partial charge < -0.3 is 4.42 Å². The monoisotopic (exact) mass is 168 g/mol. The van der Waals surface area contributed by atoms with E-state index in [2.05, 4.69) is 19.6 Å². The maximum atomic E-state index is 4.92. The molecule has 0 radical (unpaired) electrons. The first-order valence-electron chi connectivity index (χ1n) is 2.93. The standard InChI is InChI=1S/C5H4N4OS/c1-3-7-5(11-9-3)4-8-6-2-10-4/h2H,1H3. The van der Waals surface area contributed by atoms with Crippen molar-refractivity contribution in [2.45, 2.75) is 6.92 Å². The summed E-state index contributed by atoms with van der Waals surface area (Å²) in [6.07, 6.45) is 1.27. The number of rotatable bonds is 1. The van der Waals surface area contributed by atoms with Crippen molar-refractivity contribution in [3.8, 4) is 10.9 Å². The fourth-order valence-corrected chi connectivity index (χ4v) is 1.25. The molecule has 0 N–H and O–H groups in total. The molecule has 6 heteroatoms. The van der Waals surface area contributed by atoms with Crippen molar-refractivity contribution in [3.05, 3.63) is 12.2 Å². The molecule has 0 bridgehead atoms. The molecular weight excluding hydrogens is 164 g/mol. The van der Waals surface area contributed by atoms with Gasteiger partial charge in [0.05, 0.1) is 0 Å². The lowest BCUT2D eigenvalue weighted by Gasteiger charge is -1.79. The van der Waals surface area contributed by atoms with E-state index >= 15 is 0 Å². The Morgan fingerprint density at radius 3 is 3.00 bits per heavy atom. The van der Waals surface area contributed by atoms with Crippen molar-refractivity contribution in [1.82, 2.24) is 19.6 Å². The third kappa shape index (κ3) is 1.12. The molecular formula is C5H4N4OS. The summed E-state index contributed by atoms with van der Waals surface area (Å²) in [7, 11) is 0. The van der Waals surface area contributed by atoms with Crippen LogP contribution in [0, 0.1) is 6.92 Å². The number of aromatic nitrogens is 4. The van der Waals surface area contributed by atoms with Gasteiger partial charge in [0.25, 0.3) is 5.89 Å². The Labute approximate surface area is 66.3 Å². The Hall–Kier alpha value is -1.30. The second-order valence-electron chi connectivity index (χ2n) is 1.89. The maximum absolute atomic E-state index is 4.92. The lowest BCUT2D eigenvalue weighted by Crippen LogP contribution is -1.76. The Balaban J connectivity index is 2.45. The molecule has 0 aliphatic rings. The van der Waals surface area contributed by atoms with E-state index < -0.39 is 0 Å². The molecule has 0 aliphatic heterocycles. The number of hydrogen-bond donors (Lipinski definition) is 0. The van der Waals surface area contributed by atoms with Crippen LogP contribution in [0.4, 0.5) is 0 Å². The SMILES string of the molecule is Cc1nsc(-c2nnco2)n1. The molecule has 2 rings (SSSR count). The van der Waals surface area contributed by atoms with Crippen LogP contribution in [0.1, 0.15) is 5.82 Å². The summed E-state index contributed by atoms with van der Waals surface area (Å²) in [4.78, 5) is 4.06. The molecule has 0 aliphatic carbocycles. The molecule has 2 aromatic heterocycles. The summed E-state index contributed by atoms with van der Waals surface area (Å²) in [5.41, 5.74) is 0. The van der Waals surface area contributed by atoms with Gasteiger partial charge in [-0.25, -0.2) is 4.98 Å². The topological polar surface area (TPSA) is 64.7 Å². The van der Waals surface area contributed by atoms with Crippen LogP contribution < -0.4 is 0 Å². The summed E-state index contributed by atoms with van der Waals surface area (Å²) < 4.78 is 8.89. The zero-order valence-corrected chi connectivity index (χ0v) is 6.50. The minimum absolute atomic E-state index is 0.426. The third-order valence-electron chi connectivity index (χ3n) is 1.07. The number of aryl methyl sites for hydroxylation is 1. The fraction of sp³-hybridized carbons (Fsp3) is 0.200. The first-order valence-corrected chi connectivity index (χ1v) is 3.70. The minimum atomic E-state index is 0.426. The van der Waals surface area contributed by atoms with E-state index in [0.717, 1.165) is 5.82 Å². The predicted molar refractivity (Wildman–Crippen MR) is 37.9 cm³/mol. The molecule has 2 heterocycles. The van der Waals surface area contributed by atoms with Gasteiger partial charge in [-0.3, -0.25) is 0 Å². The van der Waals surface area contributed by atoms with Gasteiger partial charge in [0.15, 0.2) is 0 Å². The Morgan fingerprint density at radius 1 is 1.55 bits per heavy atom. The zero-order valence-electron chi connectivity index (χ0n) is 5.68. The second-order valence-corrected chi connectivity index (χ2v) is 2.64. The van der Waals surface area contributed by atoms with Crippen LogP contribution in [0.3, 0.4) is 0 Å². The number of nitrogens with zero attached hydrogens (tertiary/aromatic N) is 4. The third-order valence-corrected chi connectivity index (χ3v) is 1.86. The summed E-state index contributed by atoms with van der Waals surface area (Å²) >= 11 is 1.25. The van der Waals surface area contributed by atoms with E-state index in [1.54, 1.807) is 0 Å². The van der Waals surface area contributed by atoms with Gasteiger partial charge in [0.2, 0.25) is 11.4 Å². The van der Waals surface area contributed by atoms with Crippen LogP contribution in [0.2, 0.25) is 0 Å². The summed E-state index contributed by atoms with van der Waals surface area (Å²) in [5, 5.41) is 7.89. The van der Waals surface area contributed by atoms with E-state index in [1.807, 2.05) is 6.92 Å². The predicted octanol–water partition coefficient (Wildman–Crippen LogP) is 0.897. The van der Waals surface area contributed by atoms with Crippen LogP contribution in [0.15, 0.2) is 10.8 Å². The van der Waals surface area contributed by atoms with Crippen molar-refractivity contribution >= 4 is 11.5 Å². The van der Waals surface area contributed by atoms with Gasteiger partial charge in [-0.15, -0.1) is 10.2 Å². The lowest BCUT2D eigenvalue weighted by atomic mass is 10.6. The quantitative estimate of drug-likeness (QED) is 0.632. The van der Waals surface area contributed by atoms with Gasteiger partial charge >= 0.3 is 0 Å². The fourth-order valence-electron chi connectivity index (χ4n) is 0.650. The molecule has 0 atom stereocenters. The second kappa shape index (κ2) is 2.39. The first-order chi connectivity index (χ1) is 5.36. The molecule has 0 spiro atoms. The van der Waals surface area contributed by atoms with Crippen molar-refractivity contribution in [2.75, 3.05) is 0 Å². The zero-order chi connectivity index (χ0) is 7.68. The highest BCUT2D eigenvalue weighted by atomic mass is 32.1. The molecule has 11 heavy (non-hydrogen) atoms. The van der Waals surface area contributed by atoms with Gasteiger partial charge in [-0.05, 0) is 18.5 Å². The van der Waals surface area contributed by atoms with Crippen LogP contribution >= 0.6 is 11.5 Å². The van der Waals surface area contributed by atoms with Crippen molar-refractivity contribution in [1.29, 1.82) is 0 Å². The van der Waals surface area contributed by atoms with Gasteiger partial charge in [-0.1, -0.05) is 0 Å². The molecule has 0 aromatic carbocycles. The largest absolute Gasteiger partial charge is 0.421 e. The smallest absolute Gasteiger partial charge is 0.278 e. The molecule has 0 fully saturated rings. The van der Waals surface area contributed by atoms with Crippen molar-refractivity contribution < 1.29 is 4.42 Å².